The van der Waals surface area contributed by atoms with Crippen molar-refractivity contribution >= 4 is 13.3 Å². The average molecular weight is 161 g/mol. The molecular weight excluding hydrogens is 149 g/mol. The van der Waals surface area contributed by atoms with Crippen LogP contribution in [-0.4, -0.2) is 15.0 Å². The van der Waals surface area contributed by atoms with Crippen LogP contribution in [-0.2, 0) is 0 Å². The van der Waals surface area contributed by atoms with Crippen molar-refractivity contribution in [2.75, 3.05) is 7.11 Å². The van der Waals surface area contributed by atoms with Crippen molar-refractivity contribution in [3.05, 3.63) is 23.8 Å². The van der Waals surface area contributed by atoms with Gasteiger partial charge in [-0.1, -0.05) is 17.6 Å². The summed E-state index contributed by atoms with van der Waals surface area (Å²) in [5, 5.41) is 0. The first-order valence-corrected chi connectivity index (χ1v) is 3.84. The zero-order valence-corrected chi connectivity index (χ0v) is 7.37. The van der Waals surface area contributed by atoms with Crippen LogP contribution >= 0.6 is 0 Å². The first-order valence-electron chi connectivity index (χ1n) is 3.84. The topological polar surface area (TPSA) is 35.2 Å². The van der Waals surface area contributed by atoms with Gasteiger partial charge in [0.25, 0.3) is 0 Å². The standard InChI is InChI=1S/C9H12BNO/c1-6(11)8-4-3-7(10)5-9(8)12-2/h3-6H,11H2,1-2H3/t6-/m0/s1. The first-order chi connectivity index (χ1) is 5.65. The quantitative estimate of drug-likeness (QED) is 0.641. The Kier molecular flexibility index (Phi) is 2.76. The Morgan fingerprint density at radius 1 is 1.50 bits per heavy atom. The largest absolute Gasteiger partial charge is 0.496 e. The fraction of sp³-hybridized carbons (Fsp3) is 0.333. The zero-order valence-electron chi connectivity index (χ0n) is 7.37. The first kappa shape index (κ1) is 9.14. The number of rotatable bonds is 2. The Morgan fingerprint density at radius 3 is 2.67 bits per heavy atom. The highest BCUT2D eigenvalue weighted by Gasteiger charge is 2.05. The van der Waals surface area contributed by atoms with Crippen molar-refractivity contribution in [3.8, 4) is 5.75 Å². The maximum atomic E-state index is 5.72. The van der Waals surface area contributed by atoms with Gasteiger partial charge in [-0.25, -0.2) is 0 Å². The average Bonchev–Trinajstić information content (AvgIpc) is 2.03. The third kappa shape index (κ3) is 1.80. The van der Waals surface area contributed by atoms with Gasteiger partial charge in [0.05, 0.1) is 7.11 Å². The van der Waals surface area contributed by atoms with E-state index in [9.17, 15) is 0 Å². The van der Waals surface area contributed by atoms with E-state index in [1.807, 2.05) is 19.1 Å². The van der Waals surface area contributed by atoms with E-state index in [4.69, 9.17) is 18.3 Å². The molecule has 0 aromatic heterocycles. The molecule has 0 saturated carbocycles. The smallest absolute Gasteiger partial charge is 0.123 e. The molecule has 62 valence electrons. The van der Waals surface area contributed by atoms with Gasteiger partial charge in [0.1, 0.15) is 13.6 Å². The van der Waals surface area contributed by atoms with E-state index in [2.05, 4.69) is 0 Å². The summed E-state index contributed by atoms with van der Waals surface area (Å²) in [7, 11) is 7.19. The molecule has 0 heterocycles. The van der Waals surface area contributed by atoms with Crippen molar-refractivity contribution in [1.29, 1.82) is 0 Å². The van der Waals surface area contributed by atoms with Crippen LogP contribution in [0.3, 0.4) is 0 Å². The van der Waals surface area contributed by atoms with Crippen LogP contribution < -0.4 is 15.9 Å². The summed E-state index contributed by atoms with van der Waals surface area (Å²) in [6, 6.07) is 5.46. The molecule has 0 saturated heterocycles. The minimum absolute atomic E-state index is 0.0273. The predicted octanol–water partition coefficient (Wildman–Crippen LogP) is 0.509. The molecule has 0 fully saturated rings. The second-order valence-corrected chi connectivity index (χ2v) is 2.79. The van der Waals surface area contributed by atoms with Crippen LogP contribution in [0.4, 0.5) is 0 Å². The van der Waals surface area contributed by atoms with Crippen LogP contribution in [0.1, 0.15) is 18.5 Å². The molecule has 2 N–H and O–H groups in total. The van der Waals surface area contributed by atoms with Crippen LogP contribution in [0.25, 0.3) is 0 Å². The van der Waals surface area contributed by atoms with Gasteiger partial charge in [-0.05, 0) is 13.0 Å². The Bertz CT molecular complexity index is 273. The van der Waals surface area contributed by atoms with E-state index in [-0.39, 0.29) is 6.04 Å². The van der Waals surface area contributed by atoms with Crippen molar-refractivity contribution in [2.24, 2.45) is 5.73 Å². The maximum absolute atomic E-state index is 5.72. The van der Waals surface area contributed by atoms with Crippen molar-refractivity contribution in [1.82, 2.24) is 0 Å². The van der Waals surface area contributed by atoms with E-state index >= 15 is 0 Å². The van der Waals surface area contributed by atoms with Crippen molar-refractivity contribution in [3.63, 3.8) is 0 Å². The van der Waals surface area contributed by atoms with Gasteiger partial charge in [-0.2, -0.15) is 0 Å². The third-order valence-corrected chi connectivity index (χ3v) is 1.75. The molecule has 0 aliphatic heterocycles. The lowest BCUT2D eigenvalue weighted by molar-refractivity contribution is 0.407. The molecule has 0 aliphatic rings. The molecule has 0 aliphatic carbocycles. The van der Waals surface area contributed by atoms with Crippen LogP contribution in [0.15, 0.2) is 18.2 Å². The highest BCUT2D eigenvalue weighted by atomic mass is 16.5. The molecule has 0 amide bonds. The third-order valence-electron chi connectivity index (χ3n) is 1.75. The molecule has 0 spiro atoms. The Labute approximate surface area is 74.1 Å². The molecule has 1 aromatic rings. The van der Waals surface area contributed by atoms with Crippen LogP contribution in [0.2, 0.25) is 0 Å². The number of hydrogen-bond donors (Lipinski definition) is 1. The summed E-state index contributed by atoms with van der Waals surface area (Å²) in [6.45, 7) is 1.91. The van der Waals surface area contributed by atoms with E-state index in [0.29, 0.717) is 5.46 Å². The van der Waals surface area contributed by atoms with Gasteiger partial charge in [-0.15, -0.1) is 0 Å². The summed E-state index contributed by atoms with van der Waals surface area (Å²) in [6.07, 6.45) is 0. The lowest BCUT2D eigenvalue weighted by atomic mass is 9.93. The summed E-state index contributed by atoms with van der Waals surface area (Å²) in [4.78, 5) is 0. The second-order valence-electron chi connectivity index (χ2n) is 2.79. The van der Waals surface area contributed by atoms with Gasteiger partial charge >= 0.3 is 0 Å². The SMILES string of the molecule is [B]c1ccc([C@H](C)N)c(OC)c1. The van der Waals surface area contributed by atoms with Crippen molar-refractivity contribution < 1.29 is 4.74 Å². The van der Waals surface area contributed by atoms with Crippen LogP contribution in [0.5, 0.6) is 5.75 Å². The summed E-state index contributed by atoms with van der Waals surface area (Å²) in [5.41, 5.74) is 7.39. The Balaban J connectivity index is 3.11. The van der Waals surface area contributed by atoms with Crippen LogP contribution in [0, 0.1) is 0 Å². The predicted molar refractivity (Wildman–Crippen MR) is 51.0 cm³/mol. The molecular formula is C9H12BNO. The Morgan fingerprint density at radius 2 is 2.17 bits per heavy atom. The van der Waals surface area contributed by atoms with Crippen molar-refractivity contribution in [2.45, 2.75) is 13.0 Å². The fourth-order valence-corrected chi connectivity index (χ4v) is 1.10. The maximum Gasteiger partial charge on any atom is 0.123 e. The number of ether oxygens (including phenoxy) is 1. The lowest BCUT2D eigenvalue weighted by Crippen LogP contribution is -2.10. The molecule has 1 aromatic carbocycles. The van der Waals surface area contributed by atoms with Gasteiger partial charge in [0.15, 0.2) is 0 Å². The molecule has 12 heavy (non-hydrogen) atoms. The lowest BCUT2D eigenvalue weighted by Gasteiger charge is -2.11. The zero-order chi connectivity index (χ0) is 9.14. The molecule has 0 bridgehead atoms. The Hall–Kier alpha value is -0.955. The summed E-state index contributed by atoms with van der Waals surface area (Å²) < 4.78 is 5.13. The minimum Gasteiger partial charge on any atom is -0.496 e. The van der Waals surface area contributed by atoms with E-state index in [1.165, 1.54) is 0 Å². The van der Waals surface area contributed by atoms with Gasteiger partial charge in [0, 0.05) is 11.6 Å². The van der Waals surface area contributed by atoms with Gasteiger partial charge in [0.2, 0.25) is 0 Å². The number of nitrogens with two attached hydrogens (primary N) is 1. The number of methoxy groups -OCH3 is 1. The highest BCUT2D eigenvalue weighted by Crippen LogP contribution is 2.21. The summed E-state index contributed by atoms with van der Waals surface area (Å²) in [5.74, 6) is 0.755. The number of hydrogen-bond acceptors (Lipinski definition) is 2. The molecule has 3 heteroatoms. The van der Waals surface area contributed by atoms with Gasteiger partial charge < -0.3 is 10.5 Å². The fourth-order valence-electron chi connectivity index (χ4n) is 1.10. The number of benzene rings is 1. The van der Waals surface area contributed by atoms with E-state index in [1.54, 1.807) is 13.2 Å². The molecule has 2 radical (unpaired) electrons. The normalized spacial score (nSPS) is 12.6. The van der Waals surface area contributed by atoms with Gasteiger partial charge in [-0.3, -0.25) is 0 Å². The molecule has 1 rings (SSSR count). The monoisotopic (exact) mass is 161 g/mol. The second kappa shape index (κ2) is 3.63. The molecule has 0 unspecified atom stereocenters. The summed E-state index contributed by atoms with van der Waals surface area (Å²) >= 11 is 0. The van der Waals surface area contributed by atoms with E-state index < -0.39 is 0 Å². The van der Waals surface area contributed by atoms with E-state index in [0.717, 1.165) is 11.3 Å². The molecule has 2 nitrogen and oxygen atoms in total. The molecule has 1 atom stereocenters. The minimum atomic E-state index is -0.0273. The highest BCUT2D eigenvalue weighted by molar-refractivity contribution is 6.32.